The smallest absolute Gasteiger partial charge is 0.326 e. The summed E-state index contributed by atoms with van der Waals surface area (Å²) in [6, 6.07) is 5.79. The molecule has 2 atom stereocenters. The predicted molar refractivity (Wildman–Crippen MR) is 131 cm³/mol. The lowest BCUT2D eigenvalue weighted by Gasteiger charge is -2.29. The average molecular weight is 484 g/mol. The van der Waals surface area contributed by atoms with E-state index in [1.807, 2.05) is 0 Å². The molecule has 2 aliphatic heterocycles. The summed E-state index contributed by atoms with van der Waals surface area (Å²) in [5.41, 5.74) is 1.48. The molecule has 2 N–H and O–H groups in total. The predicted octanol–water partition coefficient (Wildman–Crippen LogP) is 1.72. The second-order valence-corrected chi connectivity index (χ2v) is 9.26. The molecule has 2 aromatic rings. The van der Waals surface area contributed by atoms with E-state index in [4.69, 9.17) is 4.74 Å². The van der Waals surface area contributed by atoms with E-state index >= 15 is 0 Å². The zero-order valence-corrected chi connectivity index (χ0v) is 20.3. The Bertz CT molecular complexity index is 1110. The number of aliphatic carboxylic acids is 1. The molecule has 10 heteroatoms. The maximum absolute atomic E-state index is 13.0. The van der Waals surface area contributed by atoms with Crippen LogP contribution in [0.25, 0.3) is 11.1 Å². The summed E-state index contributed by atoms with van der Waals surface area (Å²) < 4.78 is 6.53. The van der Waals surface area contributed by atoms with Crippen LogP contribution in [0, 0.1) is 0 Å². The molecule has 0 aliphatic carbocycles. The number of likely N-dealkylation sites (tertiary alicyclic amines) is 2. The Hall–Kier alpha value is -3.40. The van der Waals surface area contributed by atoms with Gasteiger partial charge in [-0.15, -0.1) is 0 Å². The fraction of sp³-hybridized carbons (Fsp3) is 0.520. The molecule has 2 aliphatic rings. The molecule has 4 rings (SSSR count). The monoisotopic (exact) mass is 483 g/mol. The number of carboxylic acid groups (broad SMARTS) is 1. The summed E-state index contributed by atoms with van der Waals surface area (Å²) in [6.45, 7) is 3.63. The van der Waals surface area contributed by atoms with Gasteiger partial charge < -0.3 is 25.0 Å². The van der Waals surface area contributed by atoms with Crippen LogP contribution in [0.3, 0.4) is 0 Å². The van der Waals surface area contributed by atoms with E-state index in [1.165, 1.54) is 30.8 Å². The van der Waals surface area contributed by atoms with Gasteiger partial charge in [-0.05, 0) is 49.9 Å². The lowest BCUT2D eigenvalue weighted by molar-refractivity contribution is -0.139. The summed E-state index contributed by atoms with van der Waals surface area (Å²) >= 11 is 0. The third kappa shape index (κ3) is 5.64. The third-order valence-corrected chi connectivity index (χ3v) is 6.91. The Labute approximate surface area is 204 Å². The summed E-state index contributed by atoms with van der Waals surface area (Å²) in [7, 11) is 3.04. The Kier molecular flexibility index (Phi) is 7.70. The third-order valence-electron chi connectivity index (χ3n) is 6.91. The van der Waals surface area contributed by atoms with Gasteiger partial charge in [0.15, 0.2) is 5.75 Å². The summed E-state index contributed by atoms with van der Waals surface area (Å²) in [5.74, 6) is -0.715. The number of benzene rings is 1. The van der Waals surface area contributed by atoms with Crippen LogP contribution >= 0.6 is 0 Å². The SMILES string of the molecule is COc1cnn(C)c(=O)c1-c1ccc(C[C@H](NC(=O)N2CCCC2CN2CCCC2)C(=O)O)cc1. The van der Waals surface area contributed by atoms with Crippen molar-refractivity contribution in [3.63, 3.8) is 0 Å². The van der Waals surface area contributed by atoms with Crippen molar-refractivity contribution in [1.29, 1.82) is 0 Å². The molecule has 3 heterocycles. The minimum absolute atomic E-state index is 0.125. The lowest BCUT2D eigenvalue weighted by Crippen LogP contribution is -2.52. The zero-order chi connectivity index (χ0) is 24.9. The van der Waals surface area contributed by atoms with E-state index in [0.717, 1.165) is 38.0 Å². The molecule has 10 nitrogen and oxygen atoms in total. The van der Waals surface area contributed by atoms with Gasteiger partial charge >= 0.3 is 12.0 Å². The molecule has 188 valence electrons. The maximum Gasteiger partial charge on any atom is 0.326 e. The van der Waals surface area contributed by atoms with Crippen molar-refractivity contribution < 1.29 is 19.4 Å². The van der Waals surface area contributed by atoms with E-state index in [9.17, 15) is 19.5 Å². The highest BCUT2D eigenvalue weighted by Crippen LogP contribution is 2.26. The van der Waals surface area contributed by atoms with Gasteiger partial charge in [-0.1, -0.05) is 24.3 Å². The van der Waals surface area contributed by atoms with Crippen molar-refractivity contribution in [3.8, 4) is 16.9 Å². The molecular formula is C25H33N5O5. The molecule has 0 saturated carbocycles. The van der Waals surface area contributed by atoms with Crippen molar-refractivity contribution in [3.05, 3.63) is 46.4 Å². The van der Waals surface area contributed by atoms with Crippen LogP contribution in [-0.4, -0.2) is 82.1 Å². The second kappa shape index (κ2) is 10.9. The topological polar surface area (TPSA) is 117 Å². The number of carboxylic acids is 1. The van der Waals surface area contributed by atoms with Gasteiger partial charge in [0.2, 0.25) is 0 Å². The average Bonchev–Trinajstić information content (AvgIpc) is 3.53. The Morgan fingerprint density at radius 3 is 2.54 bits per heavy atom. The van der Waals surface area contributed by atoms with Gasteiger partial charge in [-0.25, -0.2) is 14.3 Å². The van der Waals surface area contributed by atoms with Crippen molar-refractivity contribution in [2.45, 2.75) is 44.2 Å². The van der Waals surface area contributed by atoms with E-state index in [1.54, 1.807) is 36.2 Å². The molecule has 2 saturated heterocycles. The van der Waals surface area contributed by atoms with Crippen LogP contribution in [0.5, 0.6) is 5.75 Å². The van der Waals surface area contributed by atoms with Gasteiger partial charge in [0.05, 0.1) is 18.9 Å². The summed E-state index contributed by atoms with van der Waals surface area (Å²) in [5, 5.41) is 16.5. The molecule has 2 fully saturated rings. The molecule has 35 heavy (non-hydrogen) atoms. The number of methoxy groups -OCH3 is 1. The van der Waals surface area contributed by atoms with Crippen molar-refractivity contribution in [1.82, 2.24) is 24.9 Å². The molecule has 1 aromatic carbocycles. The molecule has 2 amide bonds. The first-order valence-corrected chi connectivity index (χ1v) is 12.1. The fourth-order valence-corrected chi connectivity index (χ4v) is 4.98. The lowest BCUT2D eigenvalue weighted by atomic mass is 10.0. The maximum atomic E-state index is 13.0. The van der Waals surface area contributed by atoms with Crippen LogP contribution in [0.1, 0.15) is 31.2 Å². The molecule has 0 spiro atoms. The number of carbonyl (C=O) groups is 2. The Balaban J connectivity index is 1.43. The van der Waals surface area contributed by atoms with Crippen molar-refractivity contribution >= 4 is 12.0 Å². The van der Waals surface area contributed by atoms with Crippen LogP contribution < -0.4 is 15.6 Å². The van der Waals surface area contributed by atoms with Crippen LogP contribution in [0.15, 0.2) is 35.3 Å². The first-order valence-electron chi connectivity index (χ1n) is 12.1. The number of nitrogens with one attached hydrogen (secondary N) is 1. The quantitative estimate of drug-likeness (QED) is 0.587. The van der Waals surface area contributed by atoms with Crippen LogP contribution in [0.2, 0.25) is 0 Å². The number of hydrogen-bond acceptors (Lipinski definition) is 6. The van der Waals surface area contributed by atoms with Gasteiger partial charge in [0.25, 0.3) is 5.56 Å². The number of rotatable bonds is 8. The van der Waals surface area contributed by atoms with Crippen LogP contribution in [0.4, 0.5) is 4.79 Å². The highest BCUT2D eigenvalue weighted by Gasteiger charge is 2.33. The number of carbonyl (C=O) groups excluding carboxylic acids is 1. The standard InChI is InChI=1S/C25H33N5O5/c1-28-23(31)22(21(35-2)15-26-28)18-9-7-17(8-10-18)14-20(24(32)33)27-25(34)30-13-5-6-19(30)16-29-11-3-4-12-29/h7-10,15,19-20H,3-6,11-14,16H2,1-2H3,(H,27,34)(H,32,33)/t19?,20-/m0/s1. The second-order valence-electron chi connectivity index (χ2n) is 9.26. The van der Waals surface area contributed by atoms with Crippen molar-refractivity contribution in [2.24, 2.45) is 7.05 Å². The first-order chi connectivity index (χ1) is 16.9. The number of hydrogen-bond donors (Lipinski definition) is 2. The number of amides is 2. The Morgan fingerprint density at radius 2 is 1.89 bits per heavy atom. The Morgan fingerprint density at radius 1 is 1.17 bits per heavy atom. The number of aryl methyl sites for hydroxylation is 1. The highest BCUT2D eigenvalue weighted by atomic mass is 16.5. The minimum atomic E-state index is -1.08. The fourth-order valence-electron chi connectivity index (χ4n) is 4.98. The van der Waals surface area contributed by atoms with Crippen LogP contribution in [-0.2, 0) is 18.3 Å². The molecule has 0 bridgehead atoms. The zero-order valence-electron chi connectivity index (χ0n) is 20.3. The summed E-state index contributed by atoms with van der Waals surface area (Å²) in [4.78, 5) is 41.7. The largest absolute Gasteiger partial charge is 0.494 e. The summed E-state index contributed by atoms with van der Waals surface area (Å²) in [6.07, 6.45) is 5.89. The molecule has 0 radical (unpaired) electrons. The van der Waals surface area contributed by atoms with E-state index in [0.29, 0.717) is 23.4 Å². The van der Waals surface area contributed by atoms with Gasteiger partial charge in [0.1, 0.15) is 6.04 Å². The van der Waals surface area contributed by atoms with Gasteiger partial charge in [-0.3, -0.25) is 4.79 Å². The van der Waals surface area contributed by atoms with E-state index in [-0.39, 0.29) is 24.1 Å². The molecule has 1 aromatic heterocycles. The minimum Gasteiger partial charge on any atom is -0.494 e. The normalized spacial score (nSPS) is 19.0. The van der Waals surface area contributed by atoms with E-state index in [2.05, 4.69) is 15.3 Å². The first kappa shape index (κ1) is 24.7. The van der Waals surface area contributed by atoms with Gasteiger partial charge in [0, 0.05) is 32.6 Å². The number of nitrogens with zero attached hydrogens (tertiary/aromatic N) is 4. The van der Waals surface area contributed by atoms with Crippen molar-refractivity contribution in [2.75, 3.05) is 33.3 Å². The van der Waals surface area contributed by atoms with E-state index < -0.39 is 12.0 Å². The number of urea groups is 1. The molecule has 1 unspecified atom stereocenters. The number of ether oxygens (including phenoxy) is 1. The molecular weight excluding hydrogens is 450 g/mol. The highest BCUT2D eigenvalue weighted by molar-refractivity contribution is 5.83. The number of aromatic nitrogens is 2. The van der Waals surface area contributed by atoms with Gasteiger partial charge in [-0.2, -0.15) is 5.10 Å².